The van der Waals surface area contributed by atoms with Crippen molar-refractivity contribution in [2.24, 2.45) is 5.10 Å². The van der Waals surface area contributed by atoms with Crippen molar-refractivity contribution in [3.8, 4) is 0 Å². The van der Waals surface area contributed by atoms with E-state index in [1.165, 1.54) is 50.2 Å². The Balaban J connectivity index is 2.26. The number of nitrogens with one attached hydrogen (secondary N) is 1. The molecule has 11 heteroatoms. The molecule has 0 radical (unpaired) electrons. The molecule has 0 aliphatic carbocycles. The van der Waals surface area contributed by atoms with Gasteiger partial charge in [-0.2, -0.15) is 18.4 Å². The molecular weight excluding hydrogens is 364 g/mol. The molecule has 1 N–H and O–H groups in total. The van der Waals surface area contributed by atoms with Gasteiger partial charge in [-0.3, -0.25) is 20.2 Å². The molecule has 0 saturated carbocycles. The van der Waals surface area contributed by atoms with Gasteiger partial charge in [0.25, 0.3) is 21.4 Å². The Morgan fingerprint density at radius 1 is 1.04 bits per heavy atom. The molecule has 2 aromatic carbocycles. The molecule has 0 saturated heterocycles. The van der Waals surface area contributed by atoms with Crippen LogP contribution in [0.15, 0.2) is 52.5 Å². The van der Waals surface area contributed by atoms with Crippen molar-refractivity contribution in [1.82, 2.24) is 4.83 Å². The summed E-state index contributed by atoms with van der Waals surface area (Å²) >= 11 is 0. The minimum Gasteiger partial charge on any atom is -0.258 e. The third-order valence-electron chi connectivity index (χ3n) is 3.52. The average Bonchev–Trinajstić information content (AvgIpc) is 2.59. The molecule has 136 valence electrons. The average molecular weight is 378 g/mol. The van der Waals surface area contributed by atoms with Crippen molar-refractivity contribution in [3.05, 3.63) is 73.8 Å². The van der Waals surface area contributed by atoms with Crippen LogP contribution in [0.4, 0.5) is 11.4 Å². The maximum absolute atomic E-state index is 12.3. The van der Waals surface area contributed by atoms with E-state index in [0.29, 0.717) is 11.1 Å². The van der Waals surface area contributed by atoms with E-state index < -0.39 is 19.9 Å². The number of nitro groups is 2. The fraction of sp³-hybridized carbons (Fsp3) is 0.133. The van der Waals surface area contributed by atoms with Crippen molar-refractivity contribution in [2.75, 3.05) is 0 Å². The first-order chi connectivity index (χ1) is 12.1. The summed E-state index contributed by atoms with van der Waals surface area (Å²) in [5.74, 6) is 0. The molecule has 0 aliphatic heterocycles. The van der Waals surface area contributed by atoms with Crippen molar-refractivity contribution in [2.45, 2.75) is 18.7 Å². The van der Waals surface area contributed by atoms with E-state index in [9.17, 15) is 28.6 Å². The van der Waals surface area contributed by atoms with E-state index in [2.05, 4.69) is 5.10 Å². The van der Waals surface area contributed by atoms with Crippen molar-refractivity contribution in [1.29, 1.82) is 0 Å². The summed E-state index contributed by atoms with van der Waals surface area (Å²) in [5.41, 5.74) is 0.663. The fourth-order valence-corrected chi connectivity index (χ4v) is 2.90. The van der Waals surface area contributed by atoms with Gasteiger partial charge in [0.2, 0.25) is 0 Å². The lowest BCUT2D eigenvalue weighted by Crippen LogP contribution is -2.20. The van der Waals surface area contributed by atoms with E-state index in [4.69, 9.17) is 0 Å². The van der Waals surface area contributed by atoms with E-state index in [1.807, 2.05) is 4.83 Å². The Bertz CT molecular complexity index is 999. The number of nitro benzene ring substituents is 2. The highest BCUT2D eigenvalue weighted by atomic mass is 32.2. The standard InChI is InChI=1S/C15H14N4O6S/c1-10-3-8-14(9-15(10)19(22)23)26(24,25)17-16-11(2)12-4-6-13(7-5-12)18(20)21/h3-9,17H,1-2H3/b16-11-. The molecular formula is C15H14N4O6S. The predicted octanol–water partition coefficient (Wildman–Crippen LogP) is 2.51. The highest BCUT2D eigenvalue weighted by molar-refractivity contribution is 7.89. The summed E-state index contributed by atoms with van der Waals surface area (Å²) in [5, 5.41) is 25.3. The smallest absolute Gasteiger partial charge is 0.258 e. The molecule has 26 heavy (non-hydrogen) atoms. The second kappa shape index (κ2) is 7.27. The van der Waals surface area contributed by atoms with Crippen molar-refractivity contribution < 1.29 is 18.3 Å². The van der Waals surface area contributed by atoms with Crippen LogP contribution in [0, 0.1) is 27.2 Å². The Hall–Kier alpha value is -3.34. The molecule has 0 unspecified atom stereocenters. The molecule has 0 amide bonds. The molecule has 0 aromatic heterocycles. The van der Waals surface area contributed by atoms with Crippen molar-refractivity contribution >= 4 is 27.1 Å². The molecule has 0 atom stereocenters. The van der Waals surface area contributed by atoms with Gasteiger partial charge in [0.05, 0.1) is 20.5 Å². The first kappa shape index (κ1) is 19.0. The van der Waals surface area contributed by atoms with Gasteiger partial charge in [0.15, 0.2) is 0 Å². The molecule has 10 nitrogen and oxygen atoms in total. The van der Waals surface area contributed by atoms with E-state index in [-0.39, 0.29) is 22.0 Å². The van der Waals surface area contributed by atoms with Crippen LogP contribution >= 0.6 is 0 Å². The normalized spacial score (nSPS) is 11.8. The zero-order valence-corrected chi connectivity index (χ0v) is 14.6. The maximum atomic E-state index is 12.3. The minimum absolute atomic E-state index is 0.103. The largest absolute Gasteiger partial charge is 0.276 e. The number of hydrogen-bond donors (Lipinski definition) is 1. The van der Waals surface area contributed by atoms with E-state index >= 15 is 0 Å². The maximum Gasteiger partial charge on any atom is 0.276 e. The minimum atomic E-state index is -4.11. The number of non-ortho nitro benzene ring substituents is 1. The topological polar surface area (TPSA) is 145 Å². The first-order valence-corrected chi connectivity index (χ1v) is 8.66. The number of benzene rings is 2. The van der Waals surface area contributed by atoms with Crippen molar-refractivity contribution in [3.63, 3.8) is 0 Å². The molecule has 0 heterocycles. The third-order valence-corrected chi connectivity index (χ3v) is 4.72. The third kappa shape index (κ3) is 4.19. The number of aryl methyl sites for hydroxylation is 1. The SMILES string of the molecule is C/C(=N/NS(=O)(=O)c1ccc(C)c([N+](=O)[O-])c1)c1ccc([N+](=O)[O-])cc1. The van der Waals surface area contributed by atoms with Gasteiger partial charge in [-0.1, -0.05) is 6.07 Å². The van der Waals surface area contributed by atoms with Crippen LogP contribution in [-0.4, -0.2) is 24.0 Å². The highest BCUT2D eigenvalue weighted by Gasteiger charge is 2.19. The second-order valence-electron chi connectivity index (χ2n) is 5.30. The molecule has 0 bridgehead atoms. The van der Waals surface area contributed by atoms with Gasteiger partial charge in [-0.15, -0.1) is 0 Å². The number of hydrazone groups is 1. The summed E-state index contributed by atoms with van der Waals surface area (Å²) in [6.45, 7) is 3.01. The van der Waals surface area contributed by atoms with Gasteiger partial charge in [-0.05, 0) is 37.6 Å². The Morgan fingerprint density at radius 2 is 1.65 bits per heavy atom. The van der Waals surface area contributed by atoms with Crippen LogP contribution in [0.3, 0.4) is 0 Å². The number of nitrogens with zero attached hydrogens (tertiary/aromatic N) is 3. The quantitative estimate of drug-likeness (QED) is 0.464. The van der Waals surface area contributed by atoms with E-state index in [1.54, 1.807) is 0 Å². The number of sulfonamides is 1. The van der Waals surface area contributed by atoms with Gasteiger partial charge in [0, 0.05) is 23.8 Å². The Morgan fingerprint density at radius 3 is 2.19 bits per heavy atom. The summed E-state index contributed by atoms with van der Waals surface area (Å²) in [6, 6.07) is 8.93. The van der Waals surface area contributed by atoms with E-state index in [0.717, 1.165) is 6.07 Å². The second-order valence-corrected chi connectivity index (χ2v) is 6.96. The Kier molecular flexibility index (Phi) is 5.31. The number of hydrogen-bond acceptors (Lipinski definition) is 7. The first-order valence-electron chi connectivity index (χ1n) is 7.18. The zero-order chi connectivity index (χ0) is 19.5. The predicted molar refractivity (Wildman–Crippen MR) is 93.5 cm³/mol. The van der Waals surface area contributed by atoms with Crippen LogP contribution in [0.2, 0.25) is 0 Å². The molecule has 0 fully saturated rings. The molecule has 2 rings (SSSR count). The van der Waals surface area contributed by atoms with Gasteiger partial charge < -0.3 is 0 Å². The fourth-order valence-electron chi connectivity index (χ4n) is 2.02. The number of rotatable bonds is 6. The lowest BCUT2D eigenvalue weighted by Gasteiger charge is -2.06. The summed E-state index contributed by atoms with van der Waals surface area (Å²) in [4.78, 5) is 22.1. The van der Waals surface area contributed by atoms with Crippen LogP contribution in [0.1, 0.15) is 18.1 Å². The summed E-state index contributed by atoms with van der Waals surface area (Å²) < 4.78 is 24.5. The molecule has 2 aromatic rings. The summed E-state index contributed by atoms with van der Waals surface area (Å²) in [7, 11) is -4.11. The summed E-state index contributed by atoms with van der Waals surface area (Å²) in [6.07, 6.45) is 0. The molecule has 0 aliphatic rings. The van der Waals surface area contributed by atoms with Gasteiger partial charge in [-0.25, -0.2) is 0 Å². The Labute approximate surface area is 148 Å². The van der Waals surface area contributed by atoms with Gasteiger partial charge in [0.1, 0.15) is 0 Å². The van der Waals surface area contributed by atoms with Crippen LogP contribution in [0.25, 0.3) is 0 Å². The van der Waals surface area contributed by atoms with Crippen LogP contribution in [-0.2, 0) is 10.0 Å². The van der Waals surface area contributed by atoms with Crippen LogP contribution < -0.4 is 4.83 Å². The van der Waals surface area contributed by atoms with Crippen LogP contribution in [0.5, 0.6) is 0 Å². The molecule has 0 spiro atoms. The van der Waals surface area contributed by atoms with Gasteiger partial charge >= 0.3 is 0 Å². The lowest BCUT2D eigenvalue weighted by atomic mass is 10.1. The zero-order valence-electron chi connectivity index (χ0n) is 13.7. The monoisotopic (exact) mass is 378 g/mol. The highest BCUT2D eigenvalue weighted by Crippen LogP contribution is 2.22. The lowest BCUT2D eigenvalue weighted by molar-refractivity contribution is -0.385.